The van der Waals surface area contributed by atoms with Crippen LogP contribution in [0.5, 0.6) is 11.5 Å². The van der Waals surface area contributed by atoms with Crippen molar-refractivity contribution in [3.05, 3.63) is 54.1 Å². The molecule has 2 aromatic carbocycles. The minimum Gasteiger partial charge on any atom is -0.497 e. The van der Waals surface area contributed by atoms with E-state index in [9.17, 15) is 13.6 Å². The Bertz CT molecular complexity index is 794. The summed E-state index contributed by atoms with van der Waals surface area (Å²) in [5, 5.41) is 2.60. The van der Waals surface area contributed by atoms with E-state index < -0.39 is 11.6 Å². The van der Waals surface area contributed by atoms with Gasteiger partial charge < -0.3 is 19.7 Å². The highest BCUT2D eigenvalue weighted by molar-refractivity contribution is 5.89. The monoisotopic (exact) mass is 391 g/mol. The van der Waals surface area contributed by atoms with Crippen molar-refractivity contribution in [1.29, 1.82) is 0 Å². The van der Waals surface area contributed by atoms with Crippen LogP contribution in [0.1, 0.15) is 0 Å². The molecule has 1 fully saturated rings. The minimum absolute atomic E-state index is 0.235. The maximum absolute atomic E-state index is 13.2. The van der Waals surface area contributed by atoms with E-state index in [1.807, 2.05) is 24.3 Å². The maximum atomic E-state index is 13.2. The summed E-state index contributed by atoms with van der Waals surface area (Å²) in [5.41, 5.74) is 0.235. The van der Waals surface area contributed by atoms with E-state index in [-0.39, 0.29) is 11.7 Å². The van der Waals surface area contributed by atoms with Gasteiger partial charge >= 0.3 is 6.03 Å². The summed E-state index contributed by atoms with van der Waals surface area (Å²) < 4.78 is 37.0. The number of carbonyl (C=O) groups excluding carboxylic acids is 1. The summed E-state index contributed by atoms with van der Waals surface area (Å²) in [4.78, 5) is 16.1. The molecule has 0 bridgehead atoms. The summed E-state index contributed by atoms with van der Waals surface area (Å²) >= 11 is 0. The number of piperazine rings is 1. The van der Waals surface area contributed by atoms with Crippen molar-refractivity contribution in [3.63, 3.8) is 0 Å². The molecule has 3 rings (SSSR count). The topological polar surface area (TPSA) is 54.0 Å². The molecule has 2 amide bonds. The number of nitrogens with zero attached hydrogens (tertiary/aromatic N) is 2. The Morgan fingerprint density at radius 3 is 2.32 bits per heavy atom. The van der Waals surface area contributed by atoms with Gasteiger partial charge in [-0.15, -0.1) is 0 Å². The normalized spacial score (nSPS) is 14.6. The fraction of sp³-hybridized carbons (Fsp3) is 0.350. The van der Waals surface area contributed by atoms with Gasteiger partial charge in [0.2, 0.25) is 0 Å². The number of amides is 2. The van der Waals surface area contributed by atoms with Gasteiger partial charge in [-0.05, 0) is 36.4 Å². The molecule has 28 heavy (non-hydrogen) atoms. The molecule has 8 heteroatoms. The molecular formula is C20H23F2N3O3. The van der Waals surface area contributed by atoms with E-state index in [4.69, 9.17) is 9.47 Å². The van der Waals surface area contributed by atoms with Crippen molar-refractivity contribution in [2.24, 2.45) is 0 Å². The molecule has 1 N–H and O–H groups in total. The summed E-state index contributed by atoms with van der Waals surface area (Å²) in [7, 11) is 1.62. The van der Waals surface area contributed by atoms with Gasteiger partial charge in [-0.25, -0.2) is 13.6 Å². The van der Waals surface area contributed by atoms with Crippen LogP contribution in [0.2, 0.25) is 0 Å². The zero-order valence-electron chi connectivity index (χ0n) is 15.7. The number of halogens is 2. The number of anilines is 1. The highest BCUT2D eigenvalue weighted by Gasteiger charge is 2.21. The largest absolute Gasteiger partial charge is 0.497 e. The number of nitrogens with one attached hydrogen (secondary N) is 1. The highest BCUT2D eigenvalue weighted by Crippen LogP contribution is 2.17. The van der Waals surface area contributed by atoms with Crippen molar-refractivity contribution in [3.8, 4) is 11.5 Å². The predicted molar refractivity (Wildman–Crippen MR) is 102 cm³/mol. The van der Waals surface area contributed by atoms with E-state index in [0.717, 1.165) is 43.3 Å². The second-order valence-corrected chi connectivity index (χ2v) is 6.41. The van der Waals surface area contributed by atoms with Crippen LogP contribution in [-0.4, -0.2) is 62.3 Å². The van der Waals surface area contributed by atoms with Crippen LogP contribution in [-0.2, 0) is 0 Å². The molecule has 2 aromatic rings. The SMILES string of the molecule is COc1ccc(OCCN2CCN(C(=O)Nc3ccc(F)c(F)c3)CC2)cc1. The number of urea groups is 1. The third kappa shape index (κ3) is 5.32. The number of carbonyl (C=O) groups is 1. The van der Waals surface area contributed by atoms with Gasteiger partial charge in [0, 0.05) is 44.5 Å². The molecule has 0 radical (unpaired) electrons. The quantitative estimate of drug-likeness (QED) is 0.822. The molecule has 0 aromatic heterocycles. The van der Waals surface area contributed by atoms with Gasteiger partial charge in [-0.3, -0.25) is 4.90 Å². The summed E-state index contributed by atoms with van der Waals surface area (Å²) in [6, 6.07) is 10.4. The van der Waals surface area contributed by atoms with Crippen LogP contribution < -0.4 is 14.8 Å². The Kier molecular flexibility index (Phi) is 6.65. The lowest BCUT2D eigenvalue weighted by Gasteiger charge is -2.34. The standard InChI is InChI=1S/C20H23F2N3O3/c1-27-16-3-5-17(6-4-16)28-13-12-24-8-10-25(11-9-24)20(26)23-15-2-7-18(21)19(22)14-15/h2-7,14H,8-13H2,1H3,(H,23,26). The zero-order valence-corrected chi connectivity index (χ0v) is 15.7. The molecule has 1 saturated heterocycles. The van der Waals surface area contributed by atoms with E-state index >= 15 is 0 Å². The van der Waals surface area contributed by atoms with Crippen LogP contribution in [0.4, 0.5) is 19.3 Å². The molecule has 1 aliphatic heterocycles. The zero-order chi connectivity index (χ0) is 19.9. The lowest BCUT2D eigenvalue weighted by molar-refractivity contribution is 0.132. The van der Waals surface area contributed by atoms with Crippen LogP contribution >= 0.6 is 0 Å². The Labute approximate surface area is 162 Å². The molecule has 0 unspecified atom stereocenters. The molecule has 0 atom stereocenters. The number of hydrogen-bond acceptors (Lipinski definition) is 4. The van der Waals surface area contributed by atoms with E-state index in [1.165, 1.54) is 6.07 Å². The number of methoxy groups -OCH3 is 1. The van der Waals surface area contributed by atoms with Crippen molar-refractivity contribution in [1.82, 2.24) is 9.80 Å². The van der Waals surface area contributed by atoms with Crippen molar-refractivity contribution in [2.75, 3.05) is 51.8 Å². The molecular weight excluding hydrogens is 368 g/mol. The molecule has 0 aliphatic carbocycles. The fourth-order valence-corrected chi connectivity index (χ4v) is 2.92. The first-order valence-corrected chi connectivity index (χ1v) is 9.05. The second-order valence-electron chi connectivity index (χ2n) is 6.41. The average molecular weight is 391 g/mol. The first-order chi connectivity index (χ1) is 13.5. The number of ether oxygens (including phenoxy) is 2. The molecule has 150 valence electrons. The lowest BCUT2D eigenvalue weighted by Crippen LogP contribution is -2.50. The first kappa shape index (κ1) is 19.9. The Hall–Kier alpha value is -2.87. The van der Waals surface area contributed by atoms with Gasteiger partial charge in [0.1, 0.15) is 18.1 Å². The number of rotatable bonds is 6. The van der Waals surface area contributed by atoms with E-state index in [1.54, 1.807) is 12.0 Å². The van der Waals surface area contributed by atoms with Crippen molar-refractivity contribution < 1.29 is 23.0 Å². The molecule has 0 spiro atoms. The van der Waals surface area contributed by atoms with Gasteiger partial charge in [-0.2, -0.15) is 0 Å². The third-order valence-electron chi connectivity index (χ3n) is 4.57. The maximum Gasteiger partial charge on any atom is 0.321 e. The van der Waals surface area contributed by atoms with Crippen LogP contribution in [0.3, 0.4) is 0 Å². The average Bonchev–Trinajstić information content (AvgIpc) is 2.72. The van der Waals surface area contributed by atoms with Gasteiger partial charge in [0.05, 0.1) is 7.11 Å². The van der Waals surface area contributed by atoms with Crippen molar-refractivity contribution in [2.45, 2.75) is 0 Å². The summed E-state index contributed by atoms with van der Waals surface area (Å²) in [6.07, 6.45) is 0. The first-order valence-electron chi connectivity index (χ1n) is 9.05. The predicted octanol–water partition coefficient (Wildman–Crippen LogP) is 3.20. The van der Waals surface area contributed by atoms with Gasteiger partial charge in [0.15, 0.2) is 11.6 Å². The molecule has 0 saturated carbocycles. The number of benzene rings is 2. The van der Waals surface area contributed by atoms with Crippen LogP contribution in [0.25, 0.3) is 0 Å². The van der Waals surface area contributed by atoms with Crippen molar-refractivity contribution >= 4 is 11.7 Å². The van der Waals surface area contributed by atoms with Crippen LogP contribution in [0.15, 0.2) is 42.5 Å². The Morgan fingerprint density at radius 2 is 1.68 bits per heavy atom. The van der Waals surface area contributed by atoms with E-state index in [0.29, 0.717) is 19.7 Å². The summed E-state index contributed by atoms with van der Waals surface area (Å²) in [5.74, 6) is -0.363. The van der Waals surface area contributed by atoms with E-state index in [2.05, 4.69) is 10.2 Å². The Balaban J connectivity index is 1.38. The highest BCUT2D eigenvalue weighted by atomic mass is 19.2. The summed E-state index contributed by atoms with van der Waals surface area (Å²) in [6.45, 7) is 3.85. The minimum atomic E-state index is -0.987. The second kappa shape index (κ2) is 9.36. The molecule has 6 nitrogen and oxygen atoms in total. The molecule has 1 aliphatic rings. The third-order valence-corrected chi connectivity index (χ3v) is 4.57. The van der Waals surface area contributed by atoms with Gasteiger partial charge in [-0.1, -0.05) is 0 Å². The fourth-order valence-electron chi connectivity index (χ4n) is 2.92. The smallest absolute Gasteiger partial charge is 0.321 e. The van der Waals surface area contributed by atoms with Gasteiger partial charge in [0.25, 0.3) is 0 Å². The van der Waals surface area contributed by atoms with Crippen LogP contribution in [0, 0.1) is 11.6 Å². The lowest BCUT2D eigenvalue weighted by atomic mass is 10.3. The Morgan fingerprint density at radius 1 is 1.00 bits per heavy atom. The molecule has 1 heterocycles. The number of hydrogen-bond donors (Lipinski definition) is 1.